The van der Waals surface area contributed by atoms with Crippen molar-refractivity contribution < 1.29 is 18.1 Å². The smallest absolute Gasteiger partial charge is 0.445 e. The van der Waals surface area contributed by atoms with E-state index in [1.165, 1.54) is 12.1 Å². The highest BCUT2D eigenvalue weighted by Crippen LogP contribution is 2.09. The fourth-order valence-electron chi connectivity index (χ4n) is 0.841. The molecule has 5 heteroatoms. The molecule has 0 fully saturated rings. The van der Waals surface area contributed by atoms with Gasteiger partial charge < -0.3 is 18.1 Å². The van der Waals surface area contributed by atoms with Gasteiger partial charge in [-0.3, -0.25) is 0 Å². The van der Waals surface area contributed by atoms with Gasteiger partial charge in [0.2, 0.25) is 0 Å². The van der Waals surface area contributed by atoms with Crippen LogP contribution in [0.5, 0.6) is 0 Å². The Balaban J connectivity index is 2.93. The maximum absolute atomic E-state index is 12.0. The van der Waals surface area contributed by atoms with Crippen molar-refractivity contribution in [3.63, 3.8) is 0 Å². The fourth-order valence-corrected chi connectivity index (χ4v) is 0.841. The zero-order valence-electron chi connectivity index (χ0n) is 6.17. The van der Waals surface area contributed by atoms with E-state index in [4.69, 9.17) is 5.11 Å². The first-order valence-electron chi connectivity index (χ1n) is 3.43. The van der Waals surface area contributed by atoms with Gasteiger partial charge in [-0.15, -0.1) is 5.46 Å². The van der Waals surface area contributed by atoms with Crippen LogP contribution >= 0.6 is 0 Å². The number of aliphatic hydroxyl groups is 1. The highest BCUT2D eigenvalue weighted by Gasteiger charge is 2.24. The largest absolute Gasteiger partial charge is 0.509 e. The van der Waals surface area contributed by atoms with E-state index in [1.54, 1.807) is 0 Å². The lowest BCUT2D eigenvalue weighted by Gasteiger charge is -2.14. The summed E-state index contributed by atoms with van der Waals surface area (Å²) < 4.78 is 36.1. The van der Waals surface area contributed by atoms with E-state index in [1.807, 2.05) is 0 Å². The molecule has 0 aromatic heterocycles. The lowest BCUT2D eigenvalue weighted by atomic mass is 9.80. The number of benzene rings is 1. The molecule has 0 aliphatic heterocycles. The Morgan fingerprint density at radius 3 is 1.92 bits per heavy atom. The van der Waals surface area contributed by atoms with Gasteiger partial charge in [-0.05, 0) is 5.56 Å². The molecule has 0 bridgehead atoms. The minimum atomic E-state index is -4.91. The normalized spacial score (nSPS) is 11.7. The van der Waals surface area contributed by atoms with Crippen LogP contribution < -0.4 is 5.46 Å². The van der Waals surface area contributed by atoms with Crippen LogP contribution in [0.4, 0.5) is 12.9 Å². The van der Waals surface area contributed by atoms with Gasteiger partial charge in [-0.2, -0.15) is 0 Å². The molecule has 0 atom stereocenters. The Labute approximate surface area is 67.9 Å². The lowest BCUT2D eigenvalue weighted by molar-refractivity contribution is 0.282. The second kappa shape index (κ2) is 3.19. The van der Waals surface area contributed by atoms with E-state index in [0.717, 1.165) is 12.1 Å². The number of hydrogen-bond donors (Lipinski definition) is 1. The lowest BCUT2D eigenvalue weighted by Crippen LogP contribution is -2.33. The van der Waals surface area contributed by atoms with Gasteiger partial charge in [0.25, 0.3) is 0 Å². The fraction of sp³-hybridized carbons (Fsp3) is 0.143. The highest BCUT2D eigenvalue weighted by atomic mass is 19.4. The van der Waals surface area contributed by atoms with Crippen LogP contribution in [0.25, 0.3) is 0 Å². The molecule has 0 aliphatic rings. The maximum atomic E-state index is 12.0. The van der Waals surface area contributed by atoms with Crippen molar-refractivity contribution in [2.75, 3.05) is 0 Å². The minimum Gasteiger partial charge on any atom is -0.445 e. The molecular formula is C7H7BF3O-. The van der Waals surface area contributed by atoms with Gasteiger partial charge in [0.1, 0.15) is 0 Å². The summed E-state index contributed by atoms with van der Waals surface area (Å²) in [7, 11) is 0. The highest BCUT2D eigenvalue weighted by molar-refractivity contribution is 6.73. The Morgan fingerprint density at radius 2 is 1.58 bits per heavy atom. The van der Waals surface area contributed by atoms with Gasteiger partial charge in [0.05, 0.1) is 6.61 Å². The summed E-state index contributed by atoms with van der Waals surface area (Å²) in [5.74, 6) is 0. The standard InChI is InChI=1S/C7H7BF3O/c9-8(10,11)7-3-1-6(5-12)2-4-7/h1-4,12H,5H2/q-1. The Kier molecular flexibility index (Phi) is 2.42. The third kappa shape index (κ3) is 2.01. The summed E-state index contributed by atoms with van der Waals surface area (Å²) in [5, 5.41) is 8.56. The second-order valence-corrected chi connectivity index (χ2v) is 2.47. The summed E-state index contributed by atoms with van der Waals surface area (Å²) in [6, 6.07) is 4.49. The van der Waals surface area contributed by atoms with Crippen molar-refractivity contribution in [2.24, 2.45) is 0 Å². The quantitative estimate of drug-likeness (QED) is 0.670. The molecule has 66 valence electrons. The number of hydrogen-bond acceptors (Lipinski definition) is 1. The van der Waals surface area contributed by atoms with Gasteiger partial charge >= 0.3 is 6.98 Å². The van der Waals surface area contributed by atoms with Crippen LogP contribution in [0.1, 0.15) is 5.56 Å². The molecule has 0 heterocycles. The molecule has 0 saturated carbocycles. The molecule has 12 heavy (non-hydrogen) atoms. The zero-order valence-corrected chi connectivity index (χ0v) is 6.17. The first kappa shape index (κ1) is 9.13. The Morgan fingerprint density at radius 1 is 1.08 bits per heavy atom. The average Bonchev–Trinajstić information content (AvgIpc) is 2.03. The van der Waals surface area contributed by atoms with Crippen molar-refractivity contribution in [2.45, 2.75) is 6.61 Å². The van der Waals surface area contributed by atoms with Gasteiger partial charge in [0.15, 0.2) is 0 Å². The predicted octanol–water partition coefficient (Wildman–Crippen LogP) is 1.23. The molecule has 0 spiro atoms. The molecule has 1 rings (SSSR count). The van der Waals surface area contributed by atoms with E-state index in [0.29, 0.717) is 5.56 Å². The molecule has 0 unspecified atom stereocenters. The molecule has 0 aliphatic carbocycles. The van der Waals surface area contributed by atoms with E-state index in [9.17, 15) is 12.9 Å². The SMILES string of the molecule is OCc1ccc([B-](F)(F)F)cc1. The van der Waals surface area contributed by atoms with Crippen LogP contribution in [0.2, 0.25) is 0 Å². The van der Waals surface area contributed by atoms with Crippen LogP contribution in [-0.2, 0) is 6.61 Å². The van der Waals surface area contributed by atoms with E-state index >= 15 is 0 Å². The first-order chi connectivity index (χ1) is 5.54. The summed E-state index contributed by atoms with van der Waals surface area (Å²) >= 11 is 0. The molecule has 1 N–H and O–H groups in total. The number of halogens is 3. The minimum absolute atomic E-state index is 0.231. The Bertz CT molecular complexity index is 254. The van der Waals surface area contributed by atoms with Crippen LogP contribution in [0.3, 0.4) is 0 Å². The molecule has 0 radical (unpaired) electrons. The molecule has 0 amide bonds. The maximum Gasteiger partial charge on any atom is 0.509 e. The average molecular weight is 175 g/mol. The monoisotopic (exact) mass is 175 g/mol. The van der Waals surface area contributed by atoms with Crippen molar-refractivity contribution in [3.05, 3.63) is 29.8 Å². The van der Waals surface area contributed by atoms with E-state index < -0.39 is 12.4 Å². The summed E-state index contributed by atoms with van der Waals surface area (Å²) in [6.45, 7) is -5.14. The number of aliphatic hydroxyl groups excluding tert-OH is 1. The van der Waals surface area contributed by atoms with Crippen molar-refractivity contribution in [3.8, 4) is 0 Å². The van der Waals surface area contributed by atoms with E-state index in [2.05, 4.69) is 0 Å². The van der Waals surface area contributed by atoms with Gasteiger partial charge in [0, 0.05) is 0 Å². The van der Waals surface area contributed by atoms with Crippen molar-refractivity contribution >= 4 is 12.4 Å². The molecule has 1 aromatic rings. The van der Waals surface area contributed by atoms with E-state index in [-0.39, 0.29) is 6.61 Å². The predicted molar refractivity (Wildman–Crippen MR) is 41.1 cm³/mol. The van der Waals surface area contributed by atoms with Gasteiger partial charge in [-0.25, -0.2) is 0 Å². The Hall–Kier alpha value is -0.965. The van der Waals surface area contributed by atoms with Crippen LogP contribution in [-0.4, -0.2) is 12.1 Å². The second-order valence-electron chi connectivity index (χ2n) is 2.47. The summed E-state index contributed by atoms with van der Waals surface area (Å²) in [6.07, 6.45) is 0. The van der Waals surface area contributed by atoms with Crippen molar-refractivity contribution in [1.29, 1.82) is 0 Å². The number of rotatable bonds is 2. The third-order valence-corrected chi connectivity index (χ3v) is 1.54. The third-order valence-electron chi connectivity index (χ3n) is 1.54. The van der Waals surface area contributed by atoms with Gasteiger partial charge in [-0.1, -0.05) is 24.3 Å². The van der Waals surface area contributed by atoms with Crippen LogP contribution in [0, 0.1) is 0 Å². The topological polar surface area (TPSA) is 20.2 Å². The zero-order chi connectivity index (χ0) is 9.19. The summed E-state index contributed by atoms with van der Waals surface area (Å²) in [4.78, 5) is 0. The molecular weight excluding hydrogens is 168 g/mol. The first-order valence-corrected chi connectivity index (χ1v) is 3.43. The molecule has 1 aromatic carbocycles. The molecule has 0 saturated heterocycles. The summed E-state index contributed by atoms with van der Waals surface area (Å²) in [5.41, 5.74) is -0.147. The van der Waals surface area contributed by atoms with Crippen molar-refractivity contribution in [1.82, 2.24) is 0 Å². The molecule has 1 nitrogen and oxygen atoms in total. The van der Waals surface area contributed by atoms with Crippen LogP contribution in [0.15, 0.2) is 24.3 Å².